The topological polar surface area (TPSA) is 103 Å². The van der Waals surface area contributed by atoms with Gasteiger partial charge in [-0.15, -0.1) is 5.10 Å². The van der Waals surface area contributed by atoms with Crippen molar-refractivity contribution in [3.05, 3.63) is 66.4 Å². The monoisotopic (exact) mass is 508 g/mol. The Morgan fingerprint density at radius 2 is 1.97 bits per heavy atom. The summed E-state index contributed by atoms with van der Waals surface area (Å²) in [6.45, 7) is 6.21. The zero-order valence-corrected chi connectivity index (χ0v) is 21.4. The van der Waals surface area contributed by atoms with Crippen LogP contribution in [-0.2, 0) is 9.84 Å². The summed E-state index contributed by atoms with van der Waals surface area (Å²) in [6.07, 6.45) is 8.82. The average molecular weight is 509 g/mol. The van der Waals surface area contributed by atoms with Crippen molar-refractivity contribution in [2.24, 2.45) is 0 Å². The molecule has 2 atom stereocenters. The summed E-state index contributed by atoms with van der Waals surface area (Å²) in [4.78, 5) is 9.38. The fourth-order valence-electron chi connectivity index (χ4n) is 4.77. The molecule has 0 bridgehead atoms. The lowest BCUT2D eigenvalue weighted by Crippen LogP contribution is -2.48. The fraction of sp³-hybridized carbons (Fsp3) is 0.385. The van der Waals surface area contributed by atoms with E-state index in [2.05, 4.69) is 32.3 Å². The number of benzene rings is 1. The summed E-state index contributed by atoms with van der Waals surface area (Å²) in [5, 5.41) is 17.1. The number of aliphatic hydroxyl groups is 1. The van der Waals surface area contributed by atoms with Crippen molar-refractivity contribution in [1.29, 1.82) is 0 Å². The molecule has 3 heterocycles. The van der Waals surface area contributed by atoms with Gasteiger partial charge in [0.2, 0.25) is 5.95 Å². The first-order valence-corrected chi connectivity index (χ1v) is 14.2. The molecule has 0 amide bonds. The van der Waals surface area contributed by atoms with Crippen LogP contribution in [0.2, 0.25) is 0 Å². The lowest BCUT2D eigenvalue weighted by atomic mass is 10.0. The third kappa shape index (κ3) is 5.45. The van der Waals surface area contributed by atoms with Crippen LogP contribution in [0.3, 0.4) is 0 Å². The molecule has 10 heteroatoms. The minimum absolute atomic E-state index is 0.308. The summed E-state index contributed by atoms with van der Waals surface area (Å²) in [6, 6.07) is 12.1. The van der Waals surface area contributed by atoms with Crippen molar-refractivity contribution in [2.45, 2.75) is 24.7 Å². The van der Waals surface area contributed by atoms with E-state index in [-0.39, 0.29) is 6.10 Å². The molecule has 0 saturated carbocycles. The molecule has 2 aromatic heterocycles. The molecule has 0 spiro atoms. The van der Waals surface area contributed by atoms with Gasteiger partial charge in [0.05, 0.1) is 11.4 Å². The quantitative estimate of drug-likeness (QED) is 0.502. The van der Waals surface area contributed by atoms with Gasteiger partial charge in [0.1, 0.15) is 0 Å². The van der Waals surface area contributed by atoms with Gasteiger partial charge < -0.3 is 15.3 Å². The van der Waals surface area contributed by atoms with E-state index < -0.39 is 15.1 Å². The number of sulfone groups is 1. The lowest BCUT2D eigenvalue weighted by Gasteiger charge is -2.36. The minimum atomic E-state index is -3.11. The van der Waals surface area contributed by atoms with Crippen LogP contribution >= 0.6 is 0 Å². The van der Waals surface area contributed by atoms with E-state index in [1.165, 1.54) is 6.26 Å². The number of β-amino-alcohol motifs (C(OH)–C–C–N with tert-alkyl or cyclic N) is 1. The zero-order chi connectivity index (χ0) is 25.3. The first-order valence-electron chi connectivity index (χ1n) is 12.2. The Morgan fingerprint density at radius 3 is 2.67 bits per heavy atom. The first-order chi connectivity index (χ1) is 17.3. The highest BCUT2D eigenvalue weighted by Gasteiger charge is 2.21. The summed E-state index contributed by atoms with van der Waals surface area (Å²) in [5.74, 6) is 0.496. The van der Waals surface area contributed by atoms with Gasteiger partial charge in [-0.3, -0.25) is 4.90 Å². The highest BCUT2D eigenvalue weighted by molar-refractivity contribution is 7.91. The summed E-state index contributed by atoms with van der Waals surface area (Å²) < 4.78 is 25.5. The van der Waals surface area contributed by atoms with Crippen LogP contribution in [0.1, 0.15) is 18.9 Å². The van der Waals surface area contributed by atoms with Crippen molar-refractivity contribution in [2.75, 3.05) is 49.2 Å². The van der Waals surface area contributed by atoms with E-state index in [1.54, 1.807) is 10.6 Å². The van der Waals surface area contributed by atoms with E-state index in [4.69, 9.17) is 4.98 Å². The highest BCUT2D eigenvalue weighted by atomic mass is 32.2. The molecule has 1 aliphatic heterocycles. The third-order valence-electron chi connectivity index (χ3n) is 6.65. The molecule has 3 aromatic rings. The van der Waals surface area contributed by atoms with E-state index in [0.29, 0.717) is 24.6 Å². The number of aromatic nitrogens is 3. The van der Waals surface area contributed by atoms with Gasteiger partial charge in [-0.1, -0.05) is 24.3 Å². The molecule has 36 heavy (non-hydrogen) atoms. The number of aliphatic hydroxyl groups excluding tert-OH is 1. The van der Waals surface area contributed by atoms with Gasteiger partial charge in [-0.05, 0) is 49.2 Å². The van der Waals surface area contributed by atoms with Gasteiger partial charge in [0.15, 0.2) is 15.5 Å². The maximum Gasteiger partial charge on any atom is 0.247 e. The Balaban J connectivity index is 1.31. The number of allylic oxidation sites excluding steroid dienone is 3. The predicted molar refractivity (Wildman–Crippen MR) is 143 cm³/mol. The van der Waals surface area contributed by atoms with E-state index in [0.717, 1.165) is 48.7 Å². The summed E-state index contributed by atoms with van der Waals surface area (Å²) in [7, 11) is -3.11. The number of hydrogen-bond acceptors (Lipinski definition) is 8. The Morgan fingerprint density at radius 1 is 1.17 bits per heavy atom. The van der Waals surface area contributed by atoms with Crippen LogP contribution in [0, 0.1) is 0 Å². The third-order valence-corrected chi connectivity index (χ3v) is 8.10. The Hall–Kier alpha value is -3.21. The van der Waals surface area contributed by atoms with Crippen LogP contribution in [0.25, 0.3) is 11.2 Å². The van der Waals surface area contributed by atoms with Crippen molar-refractivity contribution >= 4 is 38.4 Å². The number of pyridine rings is 1. The molecule has 5 rings (SSSR count). The number of fused-ring (bicyclic) bond motifs is 1. The molecule has 190 valence electrons. The molecule has 2 N–H and O–H groups in total. The number of anilines is 3. The van der Waals surface area contributed by atoms with Crippen LogP contribution in [0.15, 0.2) is 60.8 Å². The van der Waals surface area contributed by atoms with Crippen molar-refractivity contribution in [3.63, 3.8) is 0 Å². The van der Waals surface area contributed by atoms with Gasteiger partial charge >= 0.3 is 0 Å². The lowest BCUT2D eigenvalue weighted by molar-refractivity contribution is 0.123. The second kappa shape index (κ2) is 10.0. The molecule has 1 unspecified atom stereocenters. The number of hydrogen-bond donors (Lipinski definition) is 2. The van der Waals surface area contributed by atoms with Crippen LogP contribution in [0.4, 0.5) is 17.3 Å². The van der Waals surface area contributed by atoms with Crippen LogP contribution < -0.4 is 10.2 Å². The van der Waals surface area contributed by atoms with Gasteiger partial charge in [-0.25, -0.2) is 12.9 Å². The molecule has 1 saturated heterocycles. The van der Waals surface area contributed by atoms with Crippen molar-refractivity contribution in [3.8, 4) is 0 Å². The molecular weight excluding hydrogens is 476 g/mol. The smallest absolute Gasteiger partial charge is 0.247 e. The minimum Gasteiger partial charge on any atom is -0.392 e. The molecular formula is C26H32N6O3S. The maximum atomic E-state index is 11.9. The normalized spacial score (nSPS) is 19.9. The van der Waals surface area contributed by atoms with Gasteiger partial charge in [0, 0.05) is 62.1 Å². The number of rotatable bonds is 7. The first kappa shape index (κ1) is 24.5. The Kier molecular flexibility index (Phi) is 6.83. The summed E-state index contributed by atoms with van der Waals surface area (Å²) in [5.41, 5.74) is 4.60. The largest absolute Gasteiger partial charge is 0.392 e. The average Bonchev–Trinajstić information content (AvgIpc) is 3.26. The van der Waals surface area contributed by atoms with Gasteiger partial charge in [0.25, 0.3) is 0 Å². The highest BCUT2D eigenvalue weighted by Crippen LogP contribution is 2.28. The predicted octanol–water partition coefficient (Wildman–Crippen LogP) is 2.73. The van der Waals surface area contributed by atoms with E-state index in [9.17, 15) is 13.5 Å². The SMILES string of the molecule is C[C@@H](O)CN1CCN(c2cccc(Nc3nc4c(C5=CCC(S(C)(=O)=O)C=C5)cccn4n3)c2)CC1. The molecule has 9 nitrogen and oxygen atoms in total. The Labute approximate surface area is 211 Å². The molecule has 1 fully saturated rings. The van der Waals surface area contributed by atoms with Crippen LogP contribution in [-0.4, -0.2) is 83.4 Å². The Bertz CT molecular complexity index is 1400. The molecule has 1 aliphatic carbocycles. The molecule has 1 aromatic carbocycles. The number of nitrogens with zero attached hydrogens (tertiary/aromatic N) is 5. The van der Waals surface area contributed by atoms with E-state index >= 15 is 0 Å². The maximum absolute atomic E-state index is 11.9. The number of nitrogens with one attached hydrogen (secondary N) is 1. The number of piperazine rings is 1. The second-order valence-corrected chi connectivity index (χ2v) is 11.8. The second-order valence-electron chi connectivity index (χ2n) is 9.56. The van der Waals surface area contributed by atoms with Crippen LogP contribution in [0.5, 0.6) is 0 Å². The van der Waals surface area contributed by atoms with Crippen molar-refractivity contribution < 1.29 is 13.5 Å². The van der Waals surface area contributed by atoms with Gasteiger partial charge in [-0.2, -0.15) is 4.98 Å². The summed E-state index contributed by atoms with van der Waals surface area (Å²) >= 11 is 0. The molecule has 0 radical (unpaired) electrons. The van der Waals surface area contributed by atoms with E-state index in [1.807, 2.05) is 49.5 Å². The fourth-order valence-corrected chi connectivity index (χ4v) is 5.58. The zero-order valence-electron chi connectivity index (χ0n) is 20.6. The van der Waals surface area contributed by atoms with Crippen molar-refractivity contribution in [1.82, 2.24) is 19.5 Å². The molecule has 2 aliphatic rings. The standard InChI is InChI=1S/C26H32N6O3S/c1-19(33)18-30-13-15-31(16-14-30)22-6-3-5-21(17-22)27-26-28-25-24(7-4-12-32(25)29-26)20-8-10-23(11-9-20)36(2,34)35/h3-10,12,17,19,23,33H,11,13-16,18H2,1-2H3,(H,27,29)/t19-,23?/m1/s1.